The molecule has 0 unspecified atom stereocenters. The van der Waals surface area contributed by atoms with Crippen LogP contribution in [-0.2, 0) is 9.53 Å². The minimum atomic E-state index is 0.0278. The normalized spacial score (nSPS) is 7.54. The van der Waals surface area contributed by atoms with Gasteiger partial charge in [0.25, 0.3) is 0 Å². The summed E-state index contributed by atoms with van der Waals surface area (Å²) >= 11 is 0. The van der Waals surface area contributed by atoms with Gasteiger partial charge < -0.3 is 24.9 Å². The molecule has 0 bridgehead atoms. The van der Waals surface area contributed by atoms with Crippen LogP contribution in [-0.4, -0.2) is 54.6 Å². The van der Waals surface area contributed by atoms with Crippen molar-refractivity contribution in [2.75, 3.05) is 33.5 Å². The number of aliphatic hydroxyl groups is 3. The van der Waals surface area contributed by atoms with Crippen molar-refractivity contribution < 1.29 is 24.9 Å². The van der Waals surface area contributed by atoms with Gasteiger partial charge in [0.05, 0.1) is 26.4 Å². The fourth-order valence-electron chi connectivity index (χ4n) is 0.231. The molecule has 0 aromatic rings. The third-order valence-corrected chi connectivity index (χ3v) is 0.471. The number of hydrogen-bond acceptors (Lipinski definition) is 5. The quantitative estimate of drug-likeness (QED) is 0.512. The van der Waals surface area contributed by atoms with E-state index < -0.39 is 0 Å². The first-order valence-corrected chi connectivity index (χ1v) is 3.86. The predicted molar refractivity (Wildman–Crippen MR) is 49.5 cm³/mol. The number of hydrogen-bond donors (Lipinski definition) is 3. The molecule has 13 heavy (non-hydrogen) atoms. The SMILES string of the molecule is CC(C)=O.CO.OCCOCCO. The number of aliphatic hydroxyl groups excluding tert-OH is 3. The molecule has 0 aliphatic heterocycles. The van der Waals surface area contributed by atoms with E-state index >= 15 is 0 Å². The Labute approximate surface area is 79.0 Å². The van der Waals surface area contributed by atoms with E-state index in [1.165, 1.54) is 13.8 Å². The highest BCUT2D eigenvalue weighted by Gasteiger charge is 1.79. The Balaban J connectivity index is -0.000000142. The molecular weight excluding hydrogens is 176 g/mol. The molecule has 0 heterocycles. The lowest BCUT2D eigenvalue weighted by molar-refractivity contribution is -0.114. The average molecular weight is 196 g/mol. The van der Waals surface area contributed by atoms with Crippen LogP contribution in [0.2, 0.25) is 0 Å². The molecule has 5 nitrogen and oxygen atoms in total. The Morgan fingerprint density at radius 3 is 1.46 bits per heavy atom. The molecule has 0 aliphatic carbocycles. The van der Waals surface area contributed by atoms with Gasteiger partial charge in [-0.05, 0) is 13.8 Å². The summed E-state index contributed by atoms with van der Waals surface area (Å²) in [6.07, 6.45) is 0. The molecule has 0 saturated heterocycles. The van der Waals surface area contributed by atoms with E-state index in [9.17, 15) is 4.79 Å². The van der Waals surface area contributed by atoms with Gasteiger partial charge in [0.15, 0.2) is 0 Å². The maximum Gasteiger partial charge on any atom is 0.126 e. The molecule has 0 spiro atoms. The van der Waals surface area contributed by atoms with Crippen LogP contribution in [0.25, 0.3) is 0 Å². The lowest BCUT2D eigenvalue weighted by atomic mass is 10.6. The molecule has 5 heteroatoms. The van der Waals surface area contributed by atoms with Crippen LogP contribution < -0.4 is 0 Å². The van der Waals surface area contributed by atoms with Gasteiger partial charge in [0, 0.05) is 7.11 Å². The highest BCUT2D eigenvalue weighted by molar-refractivity contribution is 5.72. The van der Waals surface area contributed by atoms with Gasteiger partial charge in [-0.1, -0.05) is 0 Å². The maximum atomic E-state index is 9.44. The van der Waals surface area contributed by atoms with Crippen LogP contribution in [0.3, 0.4) is 0 Å². The second kappa shape index (κ2) is 22.5. The molecule has 0 fully saturated rings. The first-order valence-electron chi connectivity index (χ1n) is 3.86. The summed E-state index contributed by atoms with van der Waals surface area (Å²) in [5.74, 6) is 0.167. The predicted octanol–water partition coefficient (Wildman–Crippen LogP) is -0.809. The fraction of sp³-hybridized carbons (Fsp3) is 0.875. The monoisotopic (exact) mass is 196 g/mol. The molecule has 82 valence electrons. The number of carbonyl (C=O) groups is 1. The third-order valence-electron chi connectivity index (χ3n) is 0.471. The van der Waals surface area contributed by atoms with E-state index in [2.05, 4.69) is 4.74 Å². The maximum absolute atomic E-state index is 9.44. The molecule has 0 rings (SSSR count). The Bertz CT molecular complexity index is 76.6. The van der Waals surface area contributed by atoms with Gasteiger partial charge in [-0.3, -0.25) is 0 Å². The third kappa shape index (κ3) is 84.5. The second-order valence-corrected chi connectivity index (χ2v) is 1.97. The summed E-state index contributed by atoms with van der Waals surface area (Å²) in [5.41, 5.74) is 0. The molecule has 0 aromatic heterocycles. The first-order chi connectivity index (χ1) is 6.15. The van der Waals surface area contributed by atoms with E-state index in [4.69, 9.17) is 15.3 Å². The zero-order valence-corrected chi connectivity index (χ0v) is 8.49. The topological polar surface area (TPSA) is 87.0 Å². The lowest BCUT2D eigenvalue weighted by Gasteiger charge is -1.94. The molecule has 0 aliphatic rings. The van der Waals surface area contributed by atoms with Crippen molar-refractivity contribution in [3.8, 4) is 0 Å². The van der Waals surface area contributed by atoms with Gasteiger partial charge >= 0.3 is 0 Å². The Morgan fingerprint density at radius 1 is 1.08 bits per heavy atom. The lowest BCUT2D eigenvalue weighted by Crippen LogP contribution is -2.03. The minimum Gasteiger partial charge on any atom is -0.400 e. The van der Waals surface area contributed by atoms with Crippen LogP contribution in [0.4, 0.5) is 0 Å². The summed E-state index contributed by atoms with van der Waals surface area (Å²) in [4.78, 5) is 9.44. The van der Waals surface area contributed by atoms with E-state index in [1.807, 2.05) is 0 Å². The van der Waals surface area contributed by atoms with Crippen molar-refractivity contribution in [3.05, 3.63) is 0 Å². The zero-order valence-electron chi connectivity index (χ0n) is 8.49. The number of ketones is 1. The number of Topliss-reactive ketones (excluding diaryl/α,β-unsaturated/α-hetero) is 1. The van der Waals surface area contributed by atoms with Crippen molar-refractivity contribution in [3.63, 3.8) is 0 Å². The van der Waals surface area contributed by atoms with Crippen LogP contribution in [0.5, 0.6) is 0 Å². The molecular formula is C8H20O5. The second-order valence-electron chi connectivity index (χ2n) is 1.97. The number of ether oxygens (including phenoxy) is 1. The van der Waals surface area contributed by atoms with Crippen LogP contribution in [0, 0.1) is 0 Å². The molecule has 0 radical (unpaired) electrons. The number of rotatable bonds is 4. The summed E-state index contributed by atoms with van der Waals surface area (Å²) in [6, 6.07) is 0. The largest absolute Gasteiger partial charge is 0.400 e. The molecule has 0 amide bonds. The smallest absolute Gasteiger partial charge is 0.126 e. The van der Waals surface area contributed by atoms with E-state index in [0.29, 0.717) is 13.2 Å². The van der Waals surface area contributed by atoms with Crippen molar-refractivity contribution in [2.24, 2.45) is 0 Å². The fourth-order valence-corrected chi connectivity index (χ4v) is 0.231. The van der Waals surface area contributed by atoms with Crippen molar-refractivity contribution in [1.82, 2.24) is 0 Å². The Morgan fingerprint density at radius 2 is 1.31 bits per heavy atom. The highest BCUT2D eigenvalue weighted by atomic mass is 16.5. The molecule has 0 aromatic carbocycles. The van der Waals surface area contributed by atoms with Gasteiger partial charge in [-0.15, -0.1) is 0 Å². The van der Waals surface area contributed by atoms with Crippen molar-refractivity contribution >= 4 is 5.78 Å². The van der Waals surface area contributed by atoms with Gasteiger partial charge in [-0.2, -0.15) is 0 Å². The summed E-state index contributed by atoms with van der Waals surface area (Å²) in [7, 11) is 1.00. The van der Waals surface area contributed by atoms with Crippen LogP contribution in [0.1, 0.15) is 13.8 Å². The summed E-state index contributed by atoms with van der Waals surface area (Å²) in [5, 5.41) is 23.2. The first kappa shape index (κ1) is 18.3. The number of carbonyl (C=O) groups excluding carboxylic acids is 1. The highest BCUT2D eigenvalue weighted by Crippen LogP contribution is 1.68. The van der Waals surface area contributed by atoms with E-state index in [-0.39, 0.29) is 19.0 Å². The van der Waals surface area contributed by atoms with Gasteiger partial charge in [0.2, 0.25) is 0 Å². The molecule has 0 saturated carbocycles. The van der Waals surface area contributed by atoms with Gasteiger partial charge in [-0.25, -0.2) is 0 Å². The van der Waals surface area contributed by atoms with Gasteiger partial charge in [0.1, 0.15) is 5.78 Å². The van der Waals surface area contributed by atoms with E-state index in [0.717, 1.165) is 7.11 Å². The minimum absolute atomic E-state index is 0.0278. The standard InChI is InChI=1S/C4H10O3.C3H6O.CH4O/c5-1-3-7-4-2-6;1-3(2)4;1-2/h5-6H,1-4H2;1-2H3;2H,1H3. The zero-order chi connectivity index (χ0) is 11.1. The Kier molecular flexibility index (Phi) is 31.8. The molecule has 0 atom stereocenters. The van der Waals surface area contributed by atoms with E-state index in [1.54, 1.807) is 0 Å². The van der Waals surface area contributed by atoms with Crippen molar-refractivity contribution in [1.29, 1.82) is 0 Å². The Hall–Kier alpha value is -0.490. The molecule has 3 N–H and O–H groups in total. The average Bonchev–Trinajstić information content (AvgIpc) is 2.08. The van der Waals surface area contributed by atoms with Crippen molar-refractivity contribution in [2.45, 2.75) is 13.8 Å². The summed E-state index contributed by atoms with van der Waals surface area (Å²) in [6.45, 7) is 3.75. The van der Waals surface area contributed by atoms with Crippen LogP contribution in [0.15, 0.2) is 0 Å². The van der Waals surface area contributed by atoms with Crippen LogP contribution >= 0.6 is 0 Å². The summed E-state index contributed by atoms with van der Waals surface area (Å²) < 4.78 is 4.63.